The third-order valence-corrected chi connectivity index (χ3v) is 2.43. The normalized spacial score (nSPS) is 14.9. The van der Waals surface area contributed by atoms with E-state index in [-0.39, 0.29) is 12.5 Å². The van der Waals surface area contributed by atoms with Crippen LogP contribution in [0.4, 0.5) is 5.82 Å². The number of ether oxygens (including phenoxy) is 1. The lowest BCUT2D eigenvalue weighted by Gasteiger charge is -2.28. The number of aromatic nitrogens is 1. The van der Waals surface area contributed by atoms with E-state index in [4.69, 9.17) is 4.74 Å². The van der Waals surface area contributed by atoms with Crippen molar-refractivity contribution in [3.63, 3.8) is 0 Å². The van der Waals surface area contributed by atoms with Crippen molar-refractivity contribution in [1.82, 2.24) is 9.88 Å². The predicted octanol–water partition coefficient (Wildman–Crippen LogP) is 0.369. The number of hydrogen-bond donors (Lipinski definition) is 0. The largest absolute Gasteiger partial charge is 0.480 e. The lowest BCUT2D eigenvalue weighted by atomic mass is 10.3. The van der Waals surface area contributed by atoms with Gasteiger partial charge in [0.1, 0.15) is 0 Å². The summed E-state index contributed by atoms with van der Waals surface area (Å²) in [6.07, 6.45) is 1.67. The third-order valence-electron chi connectivity index (χ3n) is 2.43. The molecular weight excluding hydrogens is 206 g/mol. The summed E-state index contributed by atoms with van der Waals surface area (Å²) in [5.74, 6) is 1.27. The van der Waals surface area contributed by atoms with Crippen molar-refractivity contribution in [1.29, 1.82) is 0 Å². The van der Waals surface area contributed by atoms with E-state index in [1.54, 1.807) is 17.2 Å². The highest BCUT2D eigenvalue weighted by atomic mass is 16.5. The number of carbonyl (C=O) groups excluding carboxylic acids is 1. The first kappa shape index (κ1) is 10.9. The van der Waals surface area contributed by atoms with Gasteiger partial charge in [-0.25, -0.2) is 4.98 Å². The molecule has 0 radical (unpaired) electrons. The molecule has 0 saturated carbocycles. The molecule has 86 valence electrons. The molecule has 0 saturated heterocycles. The summed E-state index contributed by atoms with van der Waals surface area (Å²) in [7, 11) is 3.95. The Bertz CT molecular complexity index is 393. The topological polar surface area (TPSA) is 45.7 Å². The van der Waals surface area contributed by atoms with Crippen molar-refractivity contribution in [2.24, 2.45) is 0 Å². The number of carbonyl (C=O) groups is 1. The van der Waals surface area contributed by atoms with Crippen LogP contribution in [-0.4, -0.2) is 49.6 Å². The highest BCUT2D eigenvalue weighted by Crippen LogP contribution is 2.28. The number of anilines is 1. The molecule has 2 heterocycles. The van der Waals surface area contributed by atoms with Gasteiger partial charge in [0.25, 0.3) is 5.91 Å². The van der Waals surface area contributed by atoms with Gasteiger partial charge in [0.05, 0.1) is 0 Å². The molecule has 0 unspecified atom stereocenters. The minimum absolute atomic E-state index is 0.0342. The number of pyridine rings is 1. The SMILES string of the molecule is CN(C)CCN1C(=O)COc2cccnc21. The highest BCUT2D eigenvalue weighted by molar-refractivity contribution is 5.96. The van der Waals surface area contributed by atoms with Gasteiger partial charge < -0.3 is 9.64 Å². The van der Waals surface area contributed by atoms with Gasteiger partial charge >= 0.3 is 0 Å². The number of nitrogens with zero attached hydrogens (tertiary/aromatic N) is 3. The fraction of sp³-hybridized carbons (Fsp3) is 0.455. The Hall–Kier alpha value is -1.62. The Labute approximate surface area is 94.6 Å². The van der Waals surface area contributed by atoms with Crippen molar-refractivity contribution >= 4 is 11.7 Å². The zero-order valence-corrected chi connectivity index (χ0v) is 9.51. The Kier molecular flexibility index (Phi) is 3.05. The molecule has 1 aromatic rings. The molecule has 1 aliphatic rings. The predicted molar refractivity (Wildman–Crippen MR) is 60.6 cm³/mol. The maximum atomic E-state index is 11.7. The second kappa shape index (κ2) is 4.49. The second-order valence-electron chi connectivity index (χ2n) is 3.96. The summed E-state index contributed by atoms with van der Waals surface area (Å²) in [5, 5.41) is 0. The molecule has 5 nitrogen and oxygen atoms in total. The van der Waals surface area contributed by atoms with Gasteiger partial charge in [0.15, 0.2) is 18.2 Å². The zero-order chi connectivity index (χ0) is 11.5. The van der Waals surface area contributed by atoms with Crippen LogP contribution in [0.2, 0.25) is 0 Å². The fourth-order valence-corrected chi connectivity index (χ4v) is 1.56. The van der Waals surface area contributed by atoms with Crippen LogP contribution in [0.3, 0.4) is 0 Å². The maximum Gasteiger partial charge on any atom is 0.266 e. The third kappa shape index (κ3) is 2.14. The average Bonchev–Trinajstić information content (AvgIpc) is 2.27. The van der Waals surface area contributed by atoms with E-state index in [1.165, 1.54) is 0 Å². The van der Waals surface area contributed by atoms with Gasteiger partial charge in [0, 0.05) is 19.3 Å². The van der Waals surface area contributed by atoms with Gasteiger partial charge in [-0.1, -0.05) is 0 Å². The molecule has 0 spiro atoms. The van der Waals surface area contributed by atoms with E-state index in [1.807, 2.05) is 25.1 Å². The van der Waals surface area contributed by atoms with Gasteiger partial charge in [-0.15, -0.1) is 0 Å². The summed E-state index contributed by atoms with van der Waals surface area (Å²) < 4.78 is 5.31. The Morgan fingerprint density at radius 3 is 3.12 bits per heavy atom. The fourth-order valence-electron chi connectivity index (χ4n) is 1.56. The molecule has 16 heavy (non-hydrogen) atoms. The number of likely N-dealkylation sites (N-methyl/N-ethyl adjacent to an activating group) is 1. The van der Waals surface area contributed by atoms with E-state index < -0.39 is 0 Å². The number of fused-ring (bicyclic) bond motifs is 1. The Balaban J connectivity index is 2.19. The van der Waals surface area contributed by atoms with Crippen LogP contribution in [0, 0.1) is 0 Å². The highest BCUT2D eigenvalue weighted by Gasteiger charge is 2.25. The molecule has 5 heteroatoms. The molecule has 0 N–H and O–H groups in total. The molecule has 1 amide bonds. The van der Waals surface area contributed by atoms with Crippen molar-refractivity contribution < 1.29 is 9.53 Å². The quantitative estimate of drug-likeness (QED) is 0.739. The Morgan fingerprint density at radius 1 is 1.56 bits per heavy atom. The van der Waals surface area contributed by atoms with Gasteiger partial charge in [-0.2, -0.15) is 0 Å². The smallest absolute Gasteiger partial charge is 0.266 e. The van der Waals surface area contributed by atoms with Gasteiger partial charge in [0.2, 0.25) is 0 Å². The number of hydrogen-bond acceptors (Lipinski definition) is 4. The minimum atomic E-state index is -0.0342. The van der Waals surface area contributed by atoms with Crippen molar-refractivity contribution in [3.8, 4) is 5.75 Å². The first-order valence-electron chi connectivity index (χ1n) is 5.21. The van der Waals surface area contributed by atoms with E-state index in [0.29, 0.717) is 18.1 Å². The molecular formula is C11H15N3O2. The summed E-state index contributed by atoms with van der Waals surface area (Å²) in [6, 6.07) is 3.64. The molecule has 0 atom stereocenters. The number of amides is 1. The van der Waals surface area contributed by atoms with Gasteiger partial charge in [-0.05, 0) is 26.2 Å². The molecule has 1 aliphatic heterocycles. The van der Waals surface area contributed by atoms with Crippen LogP contribution in [0.5, 0.6) is 5.75 Å². The first-order valence-corrected chi connectivity index (χ1v) is 5.21. The van der Waals surface area contributed by atoms with Crippen LogP contribution < -0.4 is 9.64 Å². The molecule has 0 aromatic carbocycles. The Morgan fingerprint density at radius 2 is 2.38 bits per heavy atom. The summed E-state index contributed by atoms with van der Waals surface area (Å²) in [6.45, 7) is 1.55. The van der Waals surface area contributed by atoms with Crippen LogP contribution in [0.1, 0.15) is 0 Å². The van der Waals surface area contributed by atoms with E-state index in [0.717, 1.165) is 6.54 Å². The summed E-state index contributed by atoms with van der Waals surface area (Å²) in [4.78, 5) is 19.6. The van der Waals surface area contributed by atoms with Crippen molar-refractivity contribution in [2.75, 3.05) is 38.7 Å². The summed E-state index contributed by atoms with van der Waals surface area (Å²) in [5.41, 5.74) is 0. The molecule has 2 rings (SSSR count). The monoisotopic (exact) mass is 221 g/mol. The molecule has 0 aliphatic carbocycles. The van der Waals surface area contributed by atoms with Crippen LogP contribution >= 0.6 is 0 Å². The molecule has 1 aromatic heterocycles. The second-order valence-corrected chi connectivity index (χ2v) is 3.96. The zero-order valence-electron chi connectivity index (χ0n) is 9.51. The van der Waals surface area contributed by atoms with Crippen molar-refractivity contribution in [3.05, 3.63) is 18.3 Å². The summed E-state index contributed by atoms with van der Waals surface area (Å²) >= 11 is 0. The van der Waals surface area contributed by atoms with E-state index in [9.17, 15) is 4.79 Å². The lowest BCUT2D eigenvalue weighted by Crippen LogP contribution is -2.42. The average molecular weight is 221 g/mol. The minimum Gasteiger partial charge on any atom is -0.480 e. The lowest BCUT2D eigenvalue weighted by molar-refractivity contribution is -0.121. The van der Waals surface area contributed by atoms with Crippen LogP contribution in [0.15, 0.2) is 18.3 Å². The van der Waals surface area contributed by atoms with Gasteiger partial charge in [-0.3, -0.25) is 9.69 Å². The van der Waals surface area contributed by atoms with E-state index in [2.05, 4.69) is 4.98 Å². The standard InChI is InChI=1S/C11H15N3O2/c1-13(2)6-7-14-10(15)8-16-9-4-3-5-12-11(9)14/h3-5H,6-8H2,1-2H3. The number of rotatable bonds is 3. The van der Waals surface area contributed by atoms with Crippen molar-refractivity contribution in [2.45, 2.75) is 0 Å². The van der Waals surface area contributed by atoms with E-state index >= 15 is 0 Å². The molecule has 0 fully saturated rings. The maximum absolute atomic E-state index is 11.7. The first-order chi connectivity index (χ1) is 7.68. The molecule has 0 bridgehead atoms. The van der Waals surface area contributed by atoms with Crippen LogP contribution in [-0.2, 0) is 4.79 Å². The van der Waals surface area contributed by atoms with Crippen LogP contribution in [0.25, 0.3) is 0 Å².